The molecular weight excluding hydrogens is 388 g/mol. The van der Waals surface area contributed by atoms with Gasteiger partial charge in [-0.2, -0.15) is 0 Å². The third-order valence-electron chi connectivity index (χ3n) is 4.04. The zero-order valence-corrected chi connectivity index (χ0v) is 15.7. The smallest absolute Gasteiger partial charge is 0.344 e. The summed E-state index contributed by atoms with van der Waals surface area (Å²) in [6, 6.07) is 10.5. The maximum Gasteiger partial charge on any atom is 0.344 e. The van der Waals surface area contributed by atoms with Crippen molar-refractivity contribution < 1.29 is 14.1 Å². The van der Waals surface area contributed by atoms with E-state index in [1.54, 1.807) is 35.9 Å². The Morgan fingerprint density at radius 2 is 2.19 bits per heavy atom. The van der Waals surface area contributed by atoms with Crippen LogP contribution in [0.5, 0.6) is 0 Å². The van der Waals surface area contributed by atoms with Crippen LogP contribution >= 0.6 is 22.9 Å². The van der Waals surface area contributed by atoms with Crippen LogP contribution < -0.4 is 5.43 Å². The van der Waals surface area contributed by atoms with Gasteiger partial charge in [0.05, 0.1) is 10.4 Å². The summed E-state index contributed by atoms with van der Waals surface area (Å²) in [5, 5.41) is 6.61. The number of thiophene rings is 1. The molecule has 0 aliphatic carbocycles. The molecule has 0 spiro atoms. The third-order valence-corrected chi connectivity index (χ3v) is 5.16. The summed E-state index contributed by atoms with van der Waals surface area (Å²) >= 11 is 7.50. The summed E-state index contributed by atoms with van der Waals surface area (Å²) in [7, 11) is 1.75. The number of aromatic nitrogens is 2. The Morgan fingerprint density at radius 1 is 1.33 bits per heavy atom. The summed E-state index contributed by atoms with van der Waals surface area (Å²) in [5.74, 6) is -0.120. The molecule has 0 saturated carbocycles. The molecule has 27 heavy (non-hydrogen) atoms. The Morgan fingerprint density at radius 3 is 2.96 bits per heavy atom. The zero-order chi connectivity index (χ0) is 19.0. The van der Waals surface area contributed by atoms with Crippen LogP contribution in [-0.4, -0.2) is 15.7 Å². The molecule has 3 aromatic heterocycles. The van der Waals surface area contributed by atoms with Gasteiger partial charge in [0.1, 0.15) is 17.9 Å². The first-order valence-electron chi connectivity index (χ1n) is 7.98. The molecule has 0 radical (unpaired) electrons. The van der Waals surface area contributed by atoms with Crippen molar-refractivity contribution in [1.29, 1.82) is 0 Å². The molecule has 0 aliphatic heterocycles. The fourth-order valence-corrected chi connectivity index (χ4v) is 3.59. The average Bonchev–Trinajstić information content (AvgIpc) is 3.33. The first-order chi connectivity index (χ1) is 13.0. The Kier molecular flexibility index (Phi) is 4.55. The molecule has 0 atom stereocenters. The van der Waals surface area contributed by atoms with Gasteiger partial charge in [0.25, 0.3) is 0 Å². The van der Waals surface area contributed by atoms with Gasteiger partial charge in [-0.3, -0.25) is 4.79 Å². The van der Waals surface area contributed by atoms with E-state index in [4.69, 9.17) is 20.9 Å². The number of esters is 1. The van der Waals surface area contributed by atoms with Crippen LogP contribution in [0.4, 0.5) is 0 Å². The average molecular weight is 401 g/mol. The van der Waals surface area contributed by atoms with Gasteiger partial charge in [-0.25, -0.2) is 4.79 Å². The quantitative estimate of drug-likeness (QED) is 0.478. The van der Waals surface area contributed by atoms with E-state index in [1.807, 2.05) is 17.5 Å². The van der Waals surface area contributed by atoms with Crippen molar-refractivity contribution in [2.45, 2.75) is 6.61 Å². The van der Waals surface area contributed by atoms with Crippen LogP contribution in [-0.2, 0) is 18.4 Å². The van der Waals surface area contributed by atoms with Crippen molar-refractivity contribution in [2.24, 2.45) is 7.05 Å². The van der Waals surface area contributed by atoms with Crippen LogP contribution in [0.3, 0.4) is 0 Å². The molecule has 4 rings (SSSR count). The van der Waals surface area contributed by atoms with Crippen LogP contribution in [0, 0.1) is 0 Å². The maximum atomic E-state index is 12.6. The predicted octanol–water partition coefficient (Wildman–Crippen LogP) is 4.27. The molecule has 4 aromatic rings. The van der Waals surface area contributed by atoms with Gasteiger partial charge in [-0.05, 0) is 29.6 Å². The molecule has 0 aliphatic rings. The monoisotopic (exact) mass is 400 g/mol. The second-order valence-corrected chi connectivity index (χ2v) is 7.26. The van der Waals surface area contributed by atoms with Gasteiger partial charge in [-0.15, -0.1) is 11.3 Å². The minimum Gasteiger partial charge on any atom is -0.455 e. The van der Waals surface area contributed by atoms with E-state index in [2.05, 4.69) is 5.16 Å². The van der Waals surface area contributed by atoms with Gasteiger partial charge in [0, 0.05) is 29.7 Å². The summed E-state index contributed by atoms with van der Waals surface area (Å²) in [5.41, 5.74) is 0.662. The molecule has 0 N–H and O–H groups in total. The van der Waals surface area contributed by atoms with Crippen molar-refractivity contribution in [3.63, 3.8) is 0 Å². The van der Waals surface area contributed by atoms with Crippen LogP contribution in [0.1, 0.15) is 16.1 Å². The highest BCUT2D eigenvalue weighted by Gasteiger charge is 2.17. The van der Waals surface area contributed by atoms with E-state index in [1.165, 1.54) is 17.5 Å². The van der Waals surface area contributed by atoms with Crippen LogP contribution in [0.2, 0.25) is 5.02 Å². The van der Waals surface area contributed by atoms with Crippen LogP contribution in [0.15, 0.2) is 57.3 Å². The van der Waals surface area contributed by atoms with E-state index in [9.17, 15) is 9.59 Å². The lowest BCUT2D eigenvalue weighted by atomic mass is 10.1. The van der Waals surface area contributed by atoms with Gasteiger partial charge in [0.2, 0.25) is 5.43 Å². The Balaban J connectivity index is 1.57. The second kappa shape index (κ2) is 7.02. The first-order valence-corrected chi connectivity index (χ1v) is 9.24. The molecule has 3 heterocycles. The molecule has 0 bridgehead atoms. The Hall–Kier alpha value is -2.90. The molecule has 0 saturated heterocycles. The SMILES string of the molecule is Cn1cc(C(=O)OCc2cc(-c3cccs3)on2)c(=O)c2cc(Cl)ccc21. The number of rotatable bonds is 4. The van der Waals surface area contributed by atoms with E-state index in [-0.39, 0.29) is 12.2 Å². The number of hydrogen-bond acceptors (Lipinski definition) is 6. The number of aryl methyl sites for hydroxylation is 1. The molecule has 8 heteroatoms. The highest BCUT2D eigenvalue weighted by Crippen LogP contribution is 2.25. The number of pyridine rings is 1. The lowest BCUT2D eigenvalue weighted by Crippen LogP contribution is -2.20. The second-order valence-electron chi connectivity index (χ2n) is 5.88. The first kappa shape index (κ1) is 17.5. The minimum absolute atomic E-state index is 0.0609. The fraction of sp³-hybridized carbons (Fsp3) is 0.105. The molecule has 0 fully saturated rings. The van der Waals surface area contributed by atoms with Crippen molar-refractivity contribution >= 4 is 39.8 Å². The van der Waals surface area contributed by atoms with Crippen molar-refractivity contribution in [3.05, 3.63) is 74.5 Å². The number of nitrogens with zero attached hydrogens (tertiary/aromatic N) is 2. The molecule has 0 unspecified atom stereocenters. The van der Waals surface area contributed by atoms with E-state index >= 15 is 0 Å². The summed E-state index contributed by atoms with van der Waals surface area (Å²) in [6.45, 7) is -0.0928. The number of benzene rings is 1. The van der Waals surface area contributed by atoms with Gasteiger partial charge in [0.15, 0.2) is 5.76 Å². The zero-order valence-electron chi connectivity index (χ0n) is 14.1. The largest absolute Gasteiger partial charge is 0.455 e. The number of fused-ring (bicyclic) bond motifs is 1. The summed E-state index contributed by atoms with van der Waals surface area (Å²) in [4.78, 5) is 26.0. The Bertz CT molecular complexity index is 1190. The topological polar surface area (TPSA) is 74.3 Å². The highest BCUT2D eigenvalue weighted by atomic mass is 35.5. The molecule has 0 amide bonds. The lowest BCUT2D eigenvalue weighted by molar-refractivity contribution is 0.0462. The van der Waals surface area contributed by atoms with Crippen molar-refractivity contribution in [1.82, 2.24) is 9.72 Å². The maximum absolute atomic E-state index is 12.6. The fourth-order valence-electron chi connectivity index (χ4n) is 2.74. The van der Waals surface area contributed by atoms with E-state index < -0.39 is 11.4 Å². The normalized spacial score (nSPS) is 11.0. The lowest BCUT2D eigenvalue weighted by Gasteiger charge is -2.09. The van der Waals surface area contributed by atoms with E-state index in [0.29, 0.717) is 27.4 Å². The van der Waals surface area contributed by atoms with E-state index in [0.717, 1.165) is 4.88 Å². The summed E-state index contributed by atoms with van der Waals surface area (Å²) < 4.78 is 12.2. The molecule has 136 valence electrons. The summed E-state index contributed by atoms with van der Waals surface area (Å²) in [6.07, 6.45) is 1.46. The molecule has 1 aromatic carbocycles. The number of ether oxygens (including phenoxy) is 1. The van der Waals surface area contributed by atoms with Crippen molar-refractivity contribution in [3.8, 4) is 10.6 Å². The number of hydrogen-bond donors (Lipinski definition) is 0. The number of carbonyl (C=O) groups excluding carboxylic acids is 1. The van der Waals surface area contributed by atoms with Gasteiger partial charge < -0.3 is 13.8 Å². The number of halogens is 1. The van der Waals surface area contributed by atoms with Crippen LogP contribution in [0.25, 0.3) is 21.5 Å². The Labute approximate surface area is 162 Å². The number of carbonyl (C=O) groups is 1. The minimum atomic E-state index is -0.724. The standard InChI is InChI=1S/C19H13ClN2O4S/c1-22-9-14(18(23)13-7-11(20)4-5-15(13)22)19(24)25-10-12-8-16(26-21-12)17-3-2-6-27-17/h2-9H,10H2,1H3. The predicted molar refractivity (Wildman–Crippen MR) is 103 cm³/mol. The molecule has 6 nitrogen and oxygen atoms in total. The van der Waals surface area contributed by atoms with Crippen molar-refractivity contribution in [2.75, 3.05) is 0 Å². The third kappa shape index (κ3) is 3.39. The van der Waals surface area contributed by atoms with Gasteiger partial charge in [-0.1, -0.05) is 22.8 Å². The molecular formula is C19H13ClN2O4S. The van der Waals surface area contributed by atoms with Gasteiger partial charge >= 0.3 is 5.97 Å². The highest BCUT2D eigenvalue weighted by molar-refractivity contribution is 7.13.